The van der Waals surface area contributed by atoms with E-state index in [1.807, 2.05) is 0 Å². The number of anilines is 1. The van der Waals surface area contributed by atoms with Crippen molar-refractivity contribution >= 4 is 5.69 Å². The third kappa shape index (κ3) is 4.27. The normalized spacial score (nSPS) is 16.3. The summed E-state index contributed by atoms with van der Waals surface area (Å²) in [6.07, 6.45) is 5.21. The Morgan fingerprint density at radius 1 is 1.26 bits per heavy atom. The van der Waals surface area contributed by atoms with Gasteiger partial charge in [-0.25, -0.2) is 0 Å². The minimum absolute atomic E-state index is 0.670. The molecule has 0 atom stereocenters. The van der Waals surface area contributed by atoms with Crippen LogP contribution in [0, 0.1) is 19.3 Å². The lowest BCUT2D eigenvalue weighted by Crippen LogP contribution is -2.48. The Labute approximate surface area is 116 Å². The first-order valence-corrected chi connectivity index (χ1v) is 6.98. The highest BCUT2D eigenvalue weighted by atomic mass is 15.3. The van der Waals surface area contributed by atoms with Crippen molar-refractivity contribution < 1.29 is 0 Å². The number of terminal acetylenes is 1. The van der Waals surface area contributed by atoms with Crippen LogP contribution < -0.4 is 10.2 Å². The van der Waals surface area contributed by atoms with Crippen molar-refractivity contribution in [1.82, 2.24) is 10.2 Å². The largest absolute Gasteiger partial charge is 0.369 e. The molecule has 1 aliphatic heterocycles. The SMILES string of the molecule is C#CCNCCN1CCN(c2cccc(C)c2)CC1. The van der Waals surface area contributed by atoms with E-state index in [9.17, 15) is 0 Å². The van der Waals surface area contributed by atoms with Crippen molar-refractivity contribution in [3.63, 3.8) is 0 Å². The van der Waals surface area contributed by atoms with Crippen LogP contribution in [0.2, 0.25) is 0 Å². The minimum atomic E-state index is 0.670. The zero-order valence-corrected chi connectivity index (χ0v) is 11.7. The molecule has 0 unspecified atom stereocenters. The lowest BCUT2D eigenvalue weighted by molar-refractivity contribution is 0.259. The van der Waals surface area contributed by atoms with E-state index < -0.39 is 0 Å². The van der Waals surface area contributed by atoms with Crippen LogP contribution in [0.25, 0.3) is 0 Å². The first-order chi connectivity index (χ1) is 9.29. The topological polar surface area (TPSA) is 18.5 Å². The second-order valence-electron chi connectivity index (χ2n) is 5.05. The average molecular weight is 257 g/mol. The molecule has 3 heteroatoms. The lowest BCUT2D eigenvalue weighted by atomic mass is 10.2. The van der Waals surface area contributed by atoms with E-state index in [0.29, 0.717) is 6.54 Å². The number of piperazine rings is 1. The van der Waals surface area contributed by atoms with Gasteiger partial charge in [-0.15, -0.1) is 6.42 Å². The molecule has 0 aliphatic carbocycles. The number of aryl methyl sites for hydroxylation is 1. The van der Waals surface area contributed by atoms with Crippen LogP contribution in [0.1, 0.15) is 5.56 Å². The van der Waals surface area contributed by atoms with Gasteiger partial charge in [0.25, 0.3) is 0 Å². The van der Waals surface area contributed by atoms with E-state index in [2.05, 4.69) is 52.2 Å². The molecule has 1 heterocycles. The summed E-state index contributed by atoms with van der Waals surface area (Å²) in [4.78, 5) is 4.97. The smallest absolute Gasteiger partial charge is 0.0574 e. The second-order valence-corrected chi connectivity index (χ2v) is 5.05. The molecule has 0 aromatic heterocycles. The van der Waals surface area contributed by atoms with Gasteiger partial charge in [0.1, 0.15) is 0 Å². The number of benzene rings is 1. The zero-order valence-electron chi connectivity index (χ0n) is 11.7. The standard InChI is InChI=1S/C16H23N3/c1-3-7-17-8-9-18-10-12-19(13-11-18)16-6-4-5-15(2)14-16/h1,4-6,14,17H,7-13H2,2H3. The molecule has 1 aromatic carbocycles. The number of nitrogens with one attached hydrogen (secondary N) is 1. The molecular weight excluding hydrogens is 234 g/mol. The zero-order chi connectivity index (χ0) is 13.5. The summed E-state index contributed by atoms with van der Waals surface area (Å²) in [5.74, 6) is 2.60. The molecule has 1 aliphatic rings. The Balaban J connectivity index is 1.75. The predicted molar refractivity (Wildman–Crippen MR) is 81.5 cm³/mol. The Hall–Kier alpha value is -1.50. The summed E-state index contributed by atoms with van der Waals surface area (Å²) in [5.41, 5.74) is 2.68. The third-order valence-electron chi connectivity index (χ3n) is 3.57. The van der Waals surface area contributed by atoms with Gasteiger partial charge in [0.05, 0.1) is 6.54 Å². The van der Waals surface area contributed by atoms with Gasteiger partial charge >= 0.3 is 0 Å². The fraction of sp³-hybridized carbons (Fsp3) is 0.500. The Morgan fingerprint density at radius 3 is 2.74 bits per heavy atom. The summed E-state index contributed by atoms with van der Waals surface area (Å²) >= 11 is 0. The number of hydrogen-bond donors (Lipinski definition) is 1. The Kier molecular flexibility index (Phi) is 5.26. The van der Waals surface area contributed by atoms with Crippen LogP contribution in [0.4, 0.5) is 5.69 Å². The molecule has 19 heavy (non-hydrogen) atoms. The molecule has 102 valence electrons. The van der Waals surface area contributed by atoms with E-state index in [1.54, 1.807) is 0 Å². The van der Waals surface area contributed by atoms with Gasteiger partial charge in [0, 0.05) is 45.0 Å². The van der Waals surface area contributed by atoms with Gasteiger partial charge in [0.15, 0.2) is 0 Å². The molecule has 0 bridgehead atoms. The fourth-order valence-corrected chi connectivity index (χ4v) is 2.45. The van der Waals surface area contributed by atoms with Crippen molar-refractivity contribution in [1.29, 1.82) is 0 Å². The van der Waals surface area contributed by atoms with Crippen molar-refractivity contribution in [2.45, 2.75) is 6.92 Å². The van der Waals surface area contributed by atoms with Gasteiger partial charge in [-0.05, 0) is 24.6 Å². The van der Waals surface area contributed by atoms with E-state index in [4.69, 9.17) is 6.42 Å². The minimum Gasteiger partial charge on any atom is -0.369 e. The van der Waals surface area contributed by atoms with Crippen molar-refractivity contribution in [2.24, 2.45) is 0 Å². The fourth-order valence-electron chi connectivity index (χ4n) is 2.45. The molecule has 3 nitrogen and oxygen atoms in total. The average Bonchev–Trinajstić information content (AvgIpc) is 2.44. The summed E-state index contributed by atoms with van der Waals surface area (Å²) in [5, 5.41) is 3.24. The number of nitrogens with zero attached hydrogens (tertiary/aromatic N) is 2. The summed E-state index contributed by atoms with van der Waals surface area (Å²) in [6, 6.07) is 8.76. The second kappa shape index (κ2) is 7.18. The Bertz CT molecular complexity index is 428. The van der Waals surface area contributed by atoms with Gasteiger partial charge in [0.2, 0.25) is 0 Å². The lowest BCUT2D eigenvalue weighted by Gasteiger charge is -2.36. The first-order valence-electron chi connectivity index (χ1n) is 6.98. The van der Waals surface area contributed by atoms with Gasteiger partial charge in [-0.1, -0.05) is 18.1 Å². The summed E-state index contributed by atoms with van der Waals surface area (Å²) in [6.45, 7) is 9.37. The van der Waals surface area contributed by atoms with Crippen LogP contribution in [0.15, 0.2) is 24.3 Å². The van der Waals surface area contributed by atoms with Crippen molar-refractivity contribution in [3.05, 3.63) is 29.8 Å². The predicted octanol–water partition coefficient (Wildman–Crippen LogP) is 1.34. The van der Waals surface area contributed by atoms with Crippen LogP contribution in [0.5, 0.6) is 0 Å². The van der Waals surface area contributed by atoms with Crippen molar-refractivity contribution in [3.8, 4) is 12.3 Å². The molecular formula is C16H23N3. The molecule has 0 radical (unpaired) electrons. The van der Waals surface area contributed by atoms with Crippen LogP contribution in [-0.4, -0.2) is 50.7 Å². The molecule has 0 saturated carbocycles. The van der Waals surface area contributed by atoms with E-state index >= 15 is 0 Å². The van der Waals surface area contributed by atoms with Crippen LogP contribution >= 0.6 is 0 Å². The highest BCUT2D eigenvalue weighted by Crippen LogP contribution is 2.17. The summed E-state index contributed by atoms with van der Waals surface area (Å²) in [7, 11) is 0. The maximum Gasteiger partial charge on any atom is 0.0574 e. The summed E-state index contributed by atoms with van der Waals surface area (Å²) < 4.78 is 0. The number of hydrogen-bond acceptors (Lipinski definition) is 3. The van der Waals surface area contributed by atoms with Crippen LogP contribution in [-0.2, 0) is 0 Å². The maximum atomic E-state index is 5.21. The van der Waals surface area contributed by atoms with E-state index in [-0.39, 0.29) is 0 Å². The molecule has 0 amide bonds. The van der Waals surface area contributed by atoms with Crippen molar-refractivity contribution in [2.75, 3.05) is 50.7 Å². The molecule has 1 fully saturated rings. The van der Waals surface area contributed by atoms with Gasteiger partial charge < -0.3 is 10.2 Å². The number of rotatable bonds is 5. The van der Waals surface area contributed by atoms with Crippen LogP contribution in [0.3, 0.4) is 0 Å². The van der Waals surface area contributed by atoms with Gasteiger partial charge in [-0.3, -0.25) is 4.90 Å². The van der Waals surface area contributed by atoms with E-state index in [0.717, 1.165) is 39.3 Å². The van der Waals surface area contributed by atoms with E-state index in [1.165, 1.54) is 11.3 Å². The van der Waals surface area contributed by atoms with Gasteiger partial charge in [-0.2, -0.15) is 0 Å². The Morgan fingerprint density at radius 2 is 2.05 bits per heavy atom. The highest BCUT2D eigenvalue weighted by Gasteiger charge is 2.16. The molecule has 2 rings (SSSR count). The third-order valence-corrected chi connectivity index (χ3v) is 3.57. The molecule has 1 N–H and O–H groups in total. The first kappa shape index (κ1) is 13.9. The molecule has 1 saturated heterocycles. The molecule has 1 aromatic rings. The monoisotopic (exact) mass is 257 g/mol. The maximum absolute atomic E-state index is 5.21. The highest BCUT2D eigenvalue weighted by molar-refractivity contribution is 5.48. The quantitative estimate of drug-likeness (QED) is 0.634. The molecule has 0 spiro atoms.